The molecule has 0 amide bonds. The summed E-state index contributed by atoms with van der Waals surface area (Å²) >= 11 is 0. The van der Waals surface area contributed by atoms with Gasteiger partial charge in [0.05, 0.1) is 6.61 Å². The molecule has 0 bridgehead atoms. The first kappa shape index (κ1) is 14.3. The second-order valence-corrected chi connectivity index (χ2v) is 5.26. The molecule has 1 N–H and O–H groups in total. The van der Waals surface area contributed by atoms with E-state index in [1.54, 1.807) is 25.1 Å². The Hall–Kier alpha value is -2.12. The molecule has 0 aliphatic heterocycles. The van der Waals surface area contributed by atoms with Gasteiger partial charge >= 0.3 is 6.16 Å². The second-order valence-electron chi connectivity index (χ2n) is 3.87. The fourth-order valence-electron chi connectivity index (χ4n) is 1.79. The molecule has 6 nitrogen and oxygen atoms in total. The average Bonchev–Trinajstić information content (AvgIpc) is 2.38. The van der Waals surface area contributed by atoms with Crippen LogP contribution < -0.4 is 4.74 Å². The third-order valence-electron chi connectivity index (χ3n) is 2.58. The molecule has 0 radical (unpaired) electrons. The Morgan fingerprint density at radius 1 is 1.15 bits per heavy atom. The minimum Gasteiger partial charge on any atom is -0.434 e. The van der Waals surface area contributed by atoms with Crippen molar-refractivity contribution < 1.29 is 27.2 Å². The lowest BCUT2D eigenvalue weighted by Crippen LogP contribution is -2.10. The topological polar surface area (TPSA) is 89.9 Å². The molecule has 2 aromatic rings. The molecular formula is C13H12O6S. The van der Waals surface area contributed by atoms with Gasteiger partial charge in [-0.1, -0.05) is 24.3 Å². The SMILES string of the molecule is CCOC(=O)Oc1ccc(S(=O)(=O)O)c2ccccc12. The number of hydrogen-bond donors (Lipinski definition) is 1. The number of fused-ring (bicyclic) bond motifs is 1. The van der Waals surface area contributed by atoms with Gasteiger partial charge < -0.3 is 9.47 Å². The zero-order valence-corrected chi connectivity index (χ0v) is 11.4. The van der Waals surface area contributed by atoms with Crippen molar-refractivity contribution in [2.24, 2.45) is 0 Å². The average molecular weight is 296 g/mol. The van der Waals surface area contributed by atoms with Crippen LogP contribution in [-0.2, 0) is 14.9 Å². The second kappa shape index (κ2) is 5.48. The van der Waals surface area contributed by atoms with E-state index < -0.39 is 16.3 Å². The van der Waals surface area contributed by atoms with Crippen LogP contribution >= 0.6 is 0 Å². The molecule has 0 atom stereocenters. The smallest absolute Gasteiger partial charge is 0.434 e. The van der Waals surface area contributed by atoms with Crippen molar-refractivity contribution in [3.05, 3.63) is 36.4 Å². The van der Waals surface area contributed by atoms with Crippen molar-refractivity contribution in [1.29, 1.82) is 0 Å². The molecule has 2 aromatic carbocycles. The number of hydrogen-bond acceptors (Lipinski definition) is 5. The Balaban J connectivity index is 2.57. The molecule has 0 saturated carbocycles. The van der Waals surface area contributed by atoms with Gasteiger partial charge in [-0.05, 0) is 19.1 Å². The van der Waals surface area contributed by atoms with Gasteiger partial charge in [0.25, 0.3) is 10.1 Å². The van der Waals surface area contributed by atoms with Gasteiger partial charge in [-0.2, -0.15) is 8.42 Å². The lowest BCUT2D eigenvalue weighted by atomic mass is 10.1. The van der Waals surface area contributed by atoms with Gasteiger partial charge in [0.1, 0.15) is 10.6 Å². The molecule has 0 fully saturated rings. The summed E-state index contributed by atoms with van der Waals surface area (Å²) in [5.74, 6) is 0.159. The van der Waals surface area contributed by atoms with E-state index in [0.717, 1.165) is 0 Å². The molecule has 106 valence electrons. The summed E-state index contributed by atoms with van der Waals surface area (Å²) in [4.78, 5) is 11.1. The summed E-state index contributed by atoms with van der Waals surface area (Å²) in [7, 11) is -4.36. The predicted molar refractivity (Wildman–Crippen MR) is 71.4 cm³/mol. The maximum absolute atomic E-state index is 11.3. The van der Waals surface area contributed by atoms with Gasteiger partial charge in [-0.25, -0.2) is 4.79 Å². The molecule has 2 rings (SSSR count). The van der Waals surface area contributed by atoms with E-state index >= 15 is 0 Å². The normalized spacial score (nSPS) is 11.3. The first-order valence-electron chi connectivity index (χ1n) is 5.77. The van der Waals surface area contributed by atoms with Crippen molar-refractivity contribution in [3.8, 4) is 5.75 Å². The van der Waals surface area contributed by atoms with Crippen LogP contribution in [0, 0.1) is 0 Å². The molecule has 0 aliphatic rings. The van der Waals surface area contributed by atoms with Crippen LogP contribution in [0.3, 0.4) is 0 Å². The van der Waals surface area contributed by atoms with Gasteiger partial charge in [0, 0.05) is 10.8 Å². The molecule has 0 unspecified atom stereocenters. The number of carbonyl (C=O) groups excluding carboxylic acids is 1. The fourth-order valence-corrected chi connectivity index (χ4v) is 2.49. The summed E-state index contributed by atoms with van der Waals surface area (Å²) in [5, 5.41) is 0.646. The van der Waals surface area contributed by atoms with Gasteiger partial charge in [-0.15, -0.1) is 0 Å². The number of benzene rings is 2. The predicted octanol–water partition coefficient (Wildman–Crippen LogP) is 2.62. The maximum Gasteiger partial charge on any atom is 0.513 e. The van der Waals surface area contributed by atoms with Crippen LogP contribution in [0.25, 0.3) is 10.8 Å². The first-order chi connectivity index (χ1) is 9.43. The third kappa shape index (κ3) is 2.89. The van der Waals surface area contributed by atoms with E-state index in [0.29, 0.717) is 5.39 Å². The Morgan fingerprint density at radius 3 is 2.40 bits per heavy atom. The molecule has 20 heavy (non-hydrogen) atoms. The van der Waals surface area contributed by atoms with Crippen LogP contribution in [0.5, 0.6) is 5.75 Å². The van der Waals surface area contributed by atoms with Crippen LogP contribution in [-0.4, -0.2) is 25.7 Å². The van der Waals surface area contributed by atoms with Crippen LogP contribution in [0.1, 0.15) is 6.92 Å². The van der Waals surface area contributed by atoms with Crippen LogP contribution in [0.2, 0.25) is 0 Å². The summed E-state index contributed by atoms with van der Waals surface area (Å²) < 4.78 is 41.5. The fraction of sp³-hybridized carbons (Fsp3) is 0.154. The highest BCUT2D eigenvalue weighted by Crippen LogP contribution is 2.31. The zero-order chi connectivity index (χ0) is 14.8. The highest BCUT2D eigenvalue weighted by molar-refractivity contribution is 7.86. The highest BCUT2D eigenvalue weighted by Gasteiger charge is 2.17. The zero-order valence-electron chi connectivity index (χ0n) is 10.6. The number of rotatable bonds is 3. The molecule has 0 saturated heterocycles. The lowest BCUT2D eigenvalue weighted by Gasteiger charge is -2.09. The minimum atomic E-state index is -4.36. The molecule has 0 spiro atoms. The van der Waals surface area contributed by atoms with Gasteiger partial charge in [0.15, 0.2) is 0 Å². The lowest BCUT2D eigenvalue weighted by molar-refractivity contribution is 0.105. The molecule has 0 aliphatic carbocycles. The number of carbonyl (C=O) groups is 1. The van der Waals surface area contributed by atoms with Crippen molar-refractivity contribution in [3.63, 3.8) is 0 Å². The van der Waals surface area contributed by atoms with E-state index in [2.05, 4.69) is 4.74 Å². The summed E-state index contributed by atoms with van der Waals surface area (Å²) in [6.07, 6.45) is -0.878. The van der Waals surface area contributed by atoms with E-state index in [4.69, 9.17) is 4.74 Å². The van der Waals surface area contributed by atoms with Crippen LogP contribution in [0.4, 0.5) is 4.79 Å². The van der Waals surface area contributed by atoms with Gasteiger partial charge in [-0.3, -0.25) is 4.55 Å². The Kier molecular flexibility index (Phi) is 3.91. The standard InChI is InChI=1S/C13H12O6S/c1-2-18-13(14)19-11-7-8-12(20(15,16)17)10-6-4-3-5-9(10)11/h3-8H,2H2,1H3,(H,15,16,17). The Bertz CT molecular complexity index is 751. The molecular weight excluding hydrogens is 284 g/mol. The monoisotopic (exact) mass is 296 g/mol. The first-order valence-corrected chi connectivity index (χ1v) is 7.21. The van der Waals surface area contributed by atoms with Crippen molar-refractivity contribution in [1.82, 2.24) is 0 Å². The van der Waals surface area contributed by atoms with E-state index in [-0.39, 0.29) is 22.6 Å². The molecule has 7 heteroatoms. The summed E-state index contributed by atoms with van der Waals surface area (Å²) in [6, 6.07) is 8.84. The van der Waals surface area contributed by atoms with Gasteiger partial charge in [0.2, 0.25) is 0 Å². The van der Waals surface area contributed by atoms with E-state index in [9.17, 15) is 17.8 Å². The maximum atomic E-state index is 11.3. The largest absolute Gasteiger partial charge is 0.513 e. The van der Waals surface area contributed by atoms with Crippen molar-refractivity contribution in [2.45, 2.75) is 11.8 Å². The molecule has 0 aromatic heterocycles. The molecule has 0 heterocycles. The van der Waals surface area contributed by atoms with Crippen LogP contribution in [0.15, 0.2) is 41.3 Å². The number of ether oxygens (including phenoxy) is 2. The van der Waals surface area contributed by atoms with E-state index in [1.165, 1.54) is 18.2 Å². The van der Waals surface area contributed by atoms with Crippen molar-refractivity contribution >= 4 is 27.0 Å². The summed E-state index contributed by atoms with van der Waals surface area (Å²) in [6.45, 7) is 1.81. The van der Waals surface area contributed by atoms with E-state index in [1.807, 2.05) is 0 Å². The minimum absolute atomic E-state index is 0.159. The highest BCUT2D eigenvalue weighted by atomic mass is 32.2. The Labute approximate surface area is 115 Å². The summed E-state index contributed by atoms with van der Waals surface area (Å²) in [5.41, 5.74) is 0. The quantitative estimate of drug-likeness (QED) is 0.532. The third-order valence-corrected chi connectivity index (χ3v) is 3.49. The van der Waals surface area contributed by atoms with Crippen molar-refractivity contribution in [2.75, 3.05) is 6.61 Å². The Morgan fingerprint density at radius 2 is 1.80 bits per heavy atom.